The van der Waals surface area contributed by atoms with Gasteiger partial charge in [0.05, 0.1) is 21.5 Å². The summed E-state index contributed by atoms with van der Waals surface area (Å²) in [7, 11) is 0. The lowest BCUT2D eigenvalue weighted by molar-refractivity contribution is -0.136. The molecule has 0 aliphatic heterocycles. The third kappa shape index (κ3) is 2.89. The average molecular weight is 420 g/mol. The van der Waals surface area contributed by atoms with Gasteiger partial charge >= 0.3 is 6.18 Å². The molecule has 0 bridgehead atoms. The molecule has 24 heavy (non-hydrogen) atoms. The average Bonchev–Trinajstić information content (AvgIpc) is 2.47. The highest BCUT2D eigenvalue weighted by Crippen LogP contribution is 2.38. The van der Waals surface area contributed by atoms with Crippen LogP contribution in [0, 0.1) is 0 Å². The summed E-state index contributed by atoms with van der Waals surface area (Å²) in [6, 6.07) is 7.07. The van der Waals surface area contributed by atoms with Crippen LogP contribution in [0.25, 0.3) is 22.3 Å². The van der Waals surface area contributed by atoms with Gasteiger partial charge < -0.3 is 9.52 Å². The van der Waals surface area contributed by atoms with Gasteiger partial charge in [-0.3, -0.25) is 4.79 Å². The lowest BCUT2D eigenvalue weighted by Gasteiger charge is -2.11. The Morgan fingerprint density at radius 3 is 2.46 bits per heavy atom. The second-order valence-electron chi connectivity index (χ2n) is 4.93. The van der Waals surface area contributed by atoms with Gasteiger partial charge in [-0.05, 0) is 30.3 Å². The molecule has 0 atom stereocenters. The summed E-state index contributed by atoms with van der Waals surface area (Å²) in [6.07, 6.45) is -4.72. The highest BCUT2D eigenvalue weighted by Gasteiger charge is 2.34. The fourth-order valence-electron chi connectivity index (χ4n) is 2.31. The third-order valence-corrected chi connectivity index (χ3v) is 4.15. The Bertz CT molecular complexity index is 1010. The summed E-state index contributed by atoms with van der Waals surface area (Å²) < 4.78 is 45.3. The van der Waals surface area contributed by atoms with Crippen LogP contribution in [0.5, 0.6) is 5.75 Å². The van der Waals surface area contributed by atoms with Crippen LogP contribution >= 0.6 is 27.5 Å². The Labute approximate surface area is 146 Å². The minimum absolute atomic E-state index is 0.0845. The van der Waals surface area contributed by atoms with Crippen molar-refractivity contribution in [3.63, 3.8) is 0 Å². The maximum atomic E-state index is 13.1. The van der Waals surface area contributed by atoms with Crippen LogP contribution in [0.4, 0.5) is 13.2 Å². The molecule has 0 aliphatic rings. The minimum atomic E-state index is -4.72. The van der Waals surface area contributed by atoms with Crippen molar-refractivity contribution >= 4 is 38.5 Å². The second-order valence-corrected chi connectivity index (χ2v) is 6.26. The van der Waals surface area contributed by atoms with E-state index in [1.807, 2.05) is 0 Å². The Kier molecular flexibility index (Phi) is 4.09. The predicted molar refractivity (Wildman–Crippen MR) is 87.3 cm³/mol. The summed E-state index contributed by atoms with van der Waals surface area (Å²) >= 11 is 9.07. The van der Waals surface area contributed by atoms with E-state index in [-0.39, 0.29) is 27.7 Å². The van der Waals surface area contributed by atoms with Crippen molar-refractivity contribution in [2.45, 2.75) is 6.18 Å². The first-order valence-electron chi connectivity index (χ1n) is 6.51. The topological polar surface area (TPSA) is 50.4 Å². The van der Waals surface area contributed by atoms with Crippen LogP contribution < -0.4 is 5.43 Å². The number of hydrogen-bond donors (Lipinski definition) is 1. The van der Waals surface area contributed by atoms with Crippen molar-refractivity contribution in [2.75, 3.05) is 0 Å². The number of aromatic hydroxyl groups is 1. The van der Waals surface area contributed by atoms with Crippen LogP contribution in [0.1, 0.15) is 5.56 Å². The van der Waals surface area contributed by atoms with Crippen LogP contribution in [-0.2, 0) is 6.18 Å². The van der Waals surface area contributed by atoms with Crippen LogP contribution in [0.3, 0.4) is 0 Å². The second kappa shape index (κ2) is 5.82. The first-order chi connectivity index (χ1) is 11.2. The third-order valence-electron chi connectivity index (χ3n) is 3.36. The first kappa shape index (κ1) is 16.9. The molecule has 2 aromatic carbocycles. The van der Waals surface area contributed by atoms with E-state index in [9.17, 15) is 23.1 Å². The van der Waals surface area contributed by atoms with E-state index >= 15 is 0 Å². The maximum absolute atomic E-state index is 13.1. The maximum Gasteiger partial charge on any atom is 0.417 e. The van der Waals surface area contributed by atoms with Crippen molar-refractivity contribution < 1.29 is 22.7 Å². The van der Waals surface area contributed by atoms with Crippen LogP contribution in [0.2, 0.25) is 5.02 Å². The molecule has 0 saturated carbocycles. The summed E-state index contributed by atoms with van der Waals surface area (Å²) in [5.41, 5.74) is -2.24. The largest absolute Gasteiger partial charge is 0.507 e. The predicted octanol–water partition coefficient (Wildman–Crippen LogP) is 5.60. The number of phenols is 1. The molecule has 0 amide bonds. The molecule has 1 N–H and O–H groups in total. The molecule has 0 saturated heterocycles. The fraction of sp³-hybridized carbons (Fsp3) is 0.0625. The van der Waals surface area contributed by atoms with Crippen LogP contribution in [-0.4, -0.2) is 5.11 Å². The SMILES string of the molecule is O=c1cc(-c2ccc(Br)cc2O)oc2c(Cl)ccc(C(F)(F)F)c12. The molecule has 0 spiro atoms. The van der Waals surface area contributed by atoms with Crippen molar-refractivity contribution in [3.05, 3.63) is 61.7 Å². The molecule has 3 nitrogen and oxygen atoms in total. The first-order valence-corrected chi connectivity index (χ1v) is 7.68. The zero-order valence-electron chi connectivity index (χ0n) is 11.6. The highest BCUT2D eigenvalue weighted by molar-refractivity contribution is 9.10. The van der Waals surface area contributed by atoms with Gasteiger partial charge in [-0.25, -0.2) is 0 Å². The van der Waals surface area contributed by atoms with Gasteiger partial charge in [-0.15, -0.1) is 0 Å². The minimum Gasteiger partial charge on any atom is -0.507 e. The molecule has 0 aliphatic carbocycles. The summed E-state index contributed by atoms with van der Waals surface area (Å²) in [5, 5.41) is 9.18. The molecular formula is C16H7BrClF3O3. The number of rotatable bonds is 1. The van der Waals surface area contributed by atoms with Crippen molar-refractivity contribution in [3.8, 4) is 17.1 Å². The number of fused-ring (bicyclic) bond motifs is 1. The van der Waals surface area contributed by atoms with E-state index in [2.05, 4.69) is 15.9 Å². The smallest absolute Gasteiger partial charge is 0.417 e. The van der Waals surface area contributed by atoms with Crippen molar-refractivity contribution in [1.82, 2.24) is 0 Å². The van der Waals surface area contributed by atoms with Gasteiger partial charge in [0.2, 0.25) is 0 Å². The molecule has 0 unspecified atom stereocenters. The molecule has 1 aromatic heterocycles. The van der Waals surface area contributed by atoms with Gasteiger partial charge in [-0.2, -0.15) is 13.2 Å². The normalized spacial score (nSPS) is 11.9. The van der Waals surface area contributed by atoms with E-state index in [0.29, 0.717) is 4.47 Å². The van der Waals surface area contributed by atoms with E-state index in [1.165, 1.54) is 12.1 Å². The molecule has 124 valence electrons. The fourth-order valence-corrected chi connectivity index (χ4v) is 2.86. The van der Waals surface area contributed by atoms with Gasteiger partial charge in [0, 0.05) is 10.5 Å². The number of alkyl halides is 3. The van der Waals surface area contributed by atoms with Gasteiger partial charge in [0.1, 0.15) is 11.5 Å². The van der Waals surface area contributed by atoms with Gasteiger partial charge in [0.25, 0.3) is 0 Å². The van der Waals surface area contributed by atoms with E-state index in [0.717, 1.165) is 18.2 Å². The lowest BCUT2D eigenvalue weighted by Crippen LogP contribution is -2.12. The summed E-state index contributed by atoms with van der Waals surface area (Å²) in [5.74, 6) is -0.284. The summed E-state index contributed by atoms with van der Waals surface area (Å²) in [4.78, 5) is 12.3. The standard InChI is InChI=1S/C16H7BrClF3O3/c17-7-1-2-8(11(22)5-7)13-6-12(23)14-9(16(19,20)21)3-4-10(18)15(14)24-13/h1-6,22H. The number of phenolic OH excluding ortho intramolecular Hbond substituents is 1. The zero-order valence-corrected chi connectivity index (χ0v) is 14.0. The molecule has 8 heteroatoms. The van der Waals surface area contributed by atoms with E-state index < -0.39 is 22.6 Å². The number of halogens is 5. The highest BCUT2D eigenvalue weighted by atomic mass is 79.9. The number of benzene rings is 2. The molecule has 0 radical (unpaired) electrons. The molecule has 3 rings (SSSR count). The Hall–Kier alpha value is -1.99. The molecule has 3 aromatic rings. The molecule has 0 fully saturated rings. The zero-order chi connectivity index (χ0) is 17.6. The Morgan fingerprint density at radius 1 is 1.12 bits per heavy atom. The Morgan fingerprint density at radius 2 is 1.83 bits per heavy atom. The Balaban J connectivity index is 2.36. The number of hydrogen-bond acceptors (Lipinski definition) is 3. The van der Waals surface area contributed by atoms with Crippen molar-refractivity contribution in [1.29, 1.82) is 0 Å². The molecule has 1 heterocycles. The van der Waals surface area contributed by atoms with E-state index in [1.54, 1.807) is 6.07 Å². The quantitative estimate of drug-likeness (QED) is 0.558. The monoisotopic (exact) mass is 418 g/mol. The van der Waals surface area contributed by atoms with Crippen LogP contribution in [0.15, 0.2) is 50.1 Å². The van der Waals surface area contributed by atoms with Gasteiger partial charge in [0.15, 0.2) is 11.0 Å². The van der Waals surface area contributed by atoms with Gasteiger partial charge in [-0.1, -0.05) is 27.5 Å². The summed E-state index contributed by atoms with van der Waals surface area (Å²) in [6.45, 7) is 0. The van der Waals surface area contributed by atoms with Crippen molar-refractivity contribution in [2.24, 2.45) is 0 Å². The molecular weight excluding hydrogens is 413 g/mol. The lowest BCUT2D eigenvalue weighted by atomic mass is 10.1. The van der Waals surface area contributed by atoms with E-state index in [4.69, 9.17) is 16.0 Å².